The molecule has 3 atom stereocenters. The Morgan fingerprint density at radius 3 is 2.43 bits per heavy atom. The summed E-state index contributed by atoms with van der Waals surface area (Å²) in [5, 5.41) is 8.84. The monoisotopic (exact) mass is 203 g/mol. The highest BCUT2D eigenvalue weighted by Gasteiger charge is 2.25. The van der Waals surface area contributed by atoms with Crippen molar-refractivity contribution in [3.05, 3.63) is 0 Å². The topological polar surface area (TPSA) is 72.5 Å². The summed E-state index contributed by atoms with van der Waals surface area (Å²) < 4.78 is 5.38. The van der Waals surface area contributed by atoms with Gasteiger partial charge in [-0.05, 0) is 26.7 Å². The average molecular weight is 203 g/mol. The zero-order valence-corrected chi connectivity index (χ0v) is 9.19. The molecule has 84 valence electrons. The molecule has 0 amide bonds. The minimum Gasteiger partial charge on any atom is -0.481 e. The summed E-state index contributed by atoms with van der Waals surface area (Å²) >= 11 is 0. The summed E-state index contributed by atoms with van der Waals surface area (Å²) in [7, 11) is 0. The number of ether oxygens (including phenoxy) is 1. The van der Waals surface area contributed by atoms with E-state index < -0.39 is 11.9 Å². The van der Waals surface area contributed by atoms with Crippen molar-refractivity contribution in [2.45, 2.75) is 45.8 Å². The van der Waals surface area contributed by atoms with E-state index in [2.05, 4.69) is 0 Å². The first-order chi connectivity index (χ1) is 6.52. The summed E-state index contributed by atoms with van der Waals surface area (Å²) in [6.07, 6.45) is 1.18. The number of carboxylic acid groups (broad SMARTS) is 1. The Labute approximate surface area is 85.4 Å². The molecule has 0 fully saturated rings. The molecule has 0 heterocycles. The fourth-order valence-corrected chi connectivity index (χ4v) is 1.25. The van der Waals surface area contributed by atoms with Crippen LogP contribution in [0.3, 0.4) is 0 Å². The number of carboxylic acids is 1. The molecule has 4 heteroatoms. The second kappa shape index (κ2) is 6.79. The Hall–Kier alpha value is -0.610. The minimum absolute atomic E-state index is 0.0216. The molecule has 14 heavy (non-hydrogen) atoms. The molecule has 0 spiro atoms. The van der Waals surface area contributed by atoms with Crippen LogP contribution >= 0.6 is 0 Å². The molecule has 4 nitrogen and oxygen atoms in total. The lowest BCUT2D eigenvalue weighted by Gasteiger charge is -2.23. The molecule has 0 bridgehead atoms. The molecule has 0 aliphatic rings. The van der Waals surface area contributed by atoms with Crippen molar-refractivity contribution in [3.63, 3.8) is 0 Å². The molecule has 0 aliphatic heterocycles. The van der Waals surface area contributed by atoms with Crippen LogP contribution in [0.5, 0.6) is 0 Å². The van der Waals surface area contributed by atoms with Gasteiger partial charge in [-0.3, -0.25) is 4.79 Å². The van der Waals surface area contributed by atoms with Crippen LogP contribution in [0.2, 0.25) is 0 Å². The Balaban J connectivity index is 4.20. The normalized spacial score (nSPS) is 17.4. The lowest BCUT2D eigenvalue weighted by molar-refractivity contribution is -0.146. The predicted molar refractivity (Wildman–Crippen MR) is 55.1 cm³/mol. The molecule has 0 saturated heterocycles. The SMILES string of the molecule is CCOC(CC(N)CC)C(C)C(=O)O. The fourth-order valence-electron chi connectivity index (χ4n) is 1.25. The molecule has 0 rings (SSSR count). The van der Waals surface area contributed by atoms with Gasteiger partial charge in [0.15, 0.2) is 0 Å². The van der Waals surface area contributed by atoms with E-state index in [1.165, 1.54) is 0 Å². The largest absolute Gasteiger partial charge is 0.481 e. The zero-order chi connectivity index (χ0) is 11.1. The van der Waals surface area contributed by atoms with Gasteiger partial charge >= 0.3 is 5.97 Å². The van der Waals surface area contributed by atoms with Gasteiger partial charge in [0.1, 0.15) is 0 Å². The van der Waals surface area contributed by atoms with Gasteiger partial charge in [0.25, 0.3) is 0 Å². The summed E-state index contributed by atoms with van der Waals surface area (Å²) in [4.78, 5) is 10.8. The van der Waals surface area contributed by atoms with Crippen molar-refractivity contribution in [1.29, 1.82) is 0 Å². The van der Waals surface area contributed by atoms with Crippen LogP contribution < -0.4 is 5.73 Å². The number of hydrogen-bond donors (Lipinski definition) is 2. The maximum atomic E-state index is 10.8. The van der Waals surface area contributed by atoms with E-state index in [9.17, 15) is 4.79 Å². The van der Waals surface area contributed by atoms with Crippen LogP contribution in [-0.2, 0) is 9.53 Å². The molecule has 0 aromatic heterocycles. The smallest absolute Gasteiger partial charge is 0.308 e. The van der Waals surface area contributed by atoms with Gasteiger partial charge in [0, 0.05) is 12.6 Å². The van der Waals surface area contributed by atoms with Crippen LogP contribution in [0, 0.1) is 5.92 Å². The predicted octanol–water partition coefficient (Wildman–Crippen LogP) is 1.24. The van der Waals surface area contributed by atoms with E-state index in [0.29, 0.717) is 13.0 Å². The van der Waals surface area contributed by atoms with Gasteiger partial charge in [-0.15, -0.1) is 0 Å². The first-order valence-electron chi connectivity index (χ1n) is 5.12. The van der Waals surface area contributed by atoms with Gasteiger partial charge < -0.3 is 15.6 Å². The maximum absolute atomic E-state index is 10.8. The van der Waals surface area contributed by atoms with Crippen LogP contribution in [-0.4, -0.2) is 29.8 Å². The third kappa shape index (κ3) is 4.58. The zero-order valence-electron chi connectivity index (χ0n) is 9.19. The Kier molecular flexibility index (Phi) is 6.49. The molecule has 0 aromatic rings. The molecule has 0 radical (unpaired) electrons. The quantitative estimate of drug-likeness (QED) is 0.653. The van der Waals surface area contributed by atoms with Crippen molar-refractivity contribution in [3.8, 4) is 0 Å². The van der Waals surface area contributed by atoms with Crippen LogP contribution in [0.4, 0.5) is 0 Å². The lowest BCUT2D eigenvalue weighted by Crippen LogP contribution is -2.34. The van der Waals surface area contributed by atoms with Crippen LogP contribution in [0.25, 0.3) is 0 Å². The van der Waals surface area contributed by atoms with Crippen molar-refractivity contribution >= 4 is 5.97 Å². The second-order valence-corrected chi connectivity index (χ2v) is 3.52. The van der Waals surface area contributed by atoms with Crippen molar-refractivity contribution in [2.75, 3.05) is 6.61 Å². The number of hydrogen-bond acceptors (Lipinski definition) is 3. The van der Waals surface area contributed by atoms with Crippen LogP contribution in [0.15, 0.2) is 0 Å². The van der Waals surface area contributed by atoms with Gasteiger partial charge in [-0.1, -0.05) is 6.92 Å². The maximum Gasteiger partial charge on any atom is 0.308 e. The molecular formula is C10H21NO3. The molecular weight excluding hydrogens is 182 g/mol. The van der Waals surface area contributed by atoms with E-state index >= 15 is 0 Å². The molecule has 3 N–H and O–H groups in total. The highest BCUT2D eigenvalue weighted by molar-refractivity contribution is 5.70. The summed E-state index contributed by atoms with van der Waals surface area (Å²) in [6, 6.07) is 0.0216. The standard InChI is InChI=1S/C10H21NO3/c1-4-8(11)6-9(14-5-2)7(3)10(12)13/h7-9H,4-6,11H2,1-3H3,(H,12,13). The van der Waals surface area contributed by atoms with E-state index in [1.54, 1.807) is 6.92 Å². The Morgan fingerprint density at radius 1 is 1.50 bits per heavy atom. The molecule has 3 unspecified atom stereocenters. The fraction of sp³-hybridized carbons (Fsp3) is 0.900. The second-order valence-electron chi connectivity index (χ2n) is 3.52. The highest BCUT2D eigenvalue weighted by Crippen LogP contribution is 2.14. The first kappa shape index (κ1) is 13.4. The summed E-state index contributed by atoms with van der Waals surface area (Å²) in [5.41, 5.74) is 5.77. The van der Waals surface area contributed by atoms with E-state index in [4.69, 9.17) is 15.6 Å². The number of aliphatic carboxylic acids is 1. The third-order valence-electron chi connectivity index (χ3n) is 2.39. The van der Waals surface area contributed by atoms with Crippen molar-refractivity contribution in [2.24, 2.45) is 11.7 Å². The number of nitrogens with two attached hydrogens (primary N) is 1. The van der Waals surface area contributed by atoms with E-state index in [1.807, 2.05) is 13.8 Å². The van der Waals surface area contributed by atoms with E-state index in [-0.39, 0.29) is 12.1 Å². The Morgan fingerprint density at radius 2 is 2.07 bits per heavy atom. The van der Waals surface area contributed by atoms with Gasteiger partial charge in [0.05, 0.1) is 12.0 Å². The van der Waals surface area contributed by atoms with Gasteiger partial charge in [0.2, 0.25) is 0 Å². The molecule has 0 aliphatic carbocycles. The lowest BCUT2D eigenvalue weighted by atomic mass is 9.97. The first-order valence-corrected chi connectivity index (χ1v) is 5.12. The molecule has 0 aromatic carbocycles. The number of rotatable bonds is 7. The third-order valence-corrected chi connectivity index (χ3v) is 2.39. The summed E-state index contributed by atoms with van der Waals surface area (Å²) in [6.45, 7) is 6.03. The van der Waals surface area contributed by atoms with E-state index in [0.717, 1.165) is 6.42 Å². The highest BCUT2D eigenvalue weighted by atomic mass is 16.5. The average Bonchev–Trinajstić information content (AvgIpc) is 2.15. The van der Waals surface area contributed by atoms with Crippen molar-refractivity contribution in [1.82, 2.24) is 0 Å². The summed E-state index contributed by atoms with van der Waals surface area (Å²) in [5.74, 6) is -1.32. The van der Waals surface area contributed by atoms with Crippen molar-refractivity contribution < 1.29 is 14.6 Å². The van der Waals surface area contributed by atoms with Crippen LogP contribution in [0.1, 0.15) is 33.6 Å². The van der Waals surface area contributed by atoms with Gasteiger partial charge in [-0.25, -0.2) is 0 Å². The van der Waals surface area contributed by atoms with Gasteiger partial charge in [-0.2, -0.15) is 0 Å². The molecule has 0 saturated carbocycles. The number of carbonyl (C=O) groups is 1. The minimum atomic E-state index is -0.827. The Bertz CT molecular complexity index is 173.